The molecule has 0 bridgehead atoms. The first-order valence-electron chi connectivity index (χ1n) is 9.05. The molecule has 3 rings (SSSR count). The van der Waals surface area contributed by atoms with Gasteiger partial charge < -0.3 is 19.5 Å². The van der Waals surface area contributed by atoms with E-state index in [0.29, 0.717) is 22.8 Å². The van der Waals surface area contributed by atoms with Crippen molar-refractivity contribution in [3.05, 3.63) is 47.0 Å². The molecule has 1 N–H and O–H groups in total. The molecular formula is C21H26N2O4. The highest BCUT2D eigenvalue weighted by molar-refractivity contribution is 6.05. The molecule has 0 radical (unpaired) electrons. The van der Waals surface area contributed by atoms with Crippen LogP contribution in [-0.4, -0.2) is 45.2 Å². The van der Waals surface area contributed by atoms with Crippen LogP contribution in [-0.2, 0) is 13.0 Å². The van der Waals surface area contributed by atoms with Crippen molar-refractivity contribution in [3.63, 3.8) is 0 Å². The van der Waals surface area contributed by atoms with Crippen LogP contribution in [0.5, 0.6) is 17.2 Å². The van der Waals surface area contributed by atoms with Crippen molar-refractivity contribution >= 4 is 11.6 Å². The number of rotatable bonds is 6. The van der Waals surface area contributed by atoms with Gasteiger partial charge >= 0.3 is 0 Å². The molecule has 0 atom stereocenters. The lowest BCUT2D eigenvalue weighted by atomic mass is 9.97. The lowest BCUT2D eigenvalue weighted by Crippen LogP contribution is -2.31. The van der Waals surface area contributed by atoms with Crippen LogP contribution in [0.15, 0.2) is 30.3 Å². The summed E-state index contributed by atoms with van der Waals surface area (Å²) in [6.07, 6.45) is 0.925. The van der Waals surface area contributed by atoms with Gasteiger partial charge in [0, 0.05) is 24.3 Å². The van der Waals surface area contributed by atoms with Gasteiger partial charge in [-0.05, 0) is 42.3 Å². The van der Waals surface area contributed by atoms with Crippen LogP contribution >= 0.6 is 0 Å². The molecule has 1 heterocycles. The molecule has 2 aromatic carbocycles. The highest BCUT2D eigenvalue weighted by Crippen LogP contribution is 2.38. The summed E-state index contributed by atoms with van der Waals surface area (Å²) in [5, 5.41) is 3.05. The van der Waals surface area contributed by atoms with E-state index in [0.717, 1.165) is 31.7 Å². The first kappa shape index (κ1) is 19.0. The molecule has 6 nitrogen and oxygen atoms in total. The molecule has 1 aliphatic rings. The van der Waals surface area contributed by atoms with Gasteiger partial charge in [0.2, 0.25) is 5.75 Å². The number of benzene rings is 2. The Bertz CT molecular complexity index is 810. The third-order valence-corrected chi connectivity index (χ3v) is 4.97. The highest BCUT2D eigenvalue weighted by atomic mass is 16.5. The zero-order valence-electron chi connectivity index (χ0n) is 16.3. The quantitative estimate of drug-likeness (QED) is 0.845. The molecular weight excluding hydrogens is 344 g/mol. The van der Waals surface area contributed by atoms with Gasteiger partial charge in [0.05, 0.1) is 21.3 Å². The second-order valence-electron chi connectivity index (χ2n) is 6.43. The molecule has 0 saturated carbocycles. The predicted molar refractivity (Wildman–Crippen MR) is 105 cm³/mol. The van der Waals surface area contributed by atoms with Crippen LogP contribution in [0.2, 0.25) is 0 Å². The fraction of sp³-hybridized carbons (Fsp3) is 0.381. The van der Waals surface area contributed by atoms with E-state index in [2.05, 4.69) is 23.2 Å². The number of hydrogen-bond donors (Lipinski definition) is 1. The lowest BCUT2D eigenvalue weighted by Gasteiger charge is -2.29. The third-order valence-electron chi connectivity index (χ3n) is 4.97. The molecule has 6 heteroatoms. The number of anilines is 1. The summed E-state index contributed by atoms with van der Waals surface area (Å²) < 4.78 is 16.0. The van der Waals surface area contributed by atoms with E-state index in [1.807, 2.05) is 12.1 Å². The standard InChI is InChI=1S/C21H26N2O4/c1-5-23-10-9-16-14(13-23)7-6-8-17(16)22-21(24)15-11-18(25-2)20(27-4)19(12-15)26-3/h6-8,11-12H,5,9-10,13H2,1-4H3,(H,22,24). The van der Waals surface area contributed by atoms with E-state index in [9.17, 15) is 4.79 Å². The summed E-state index contributed by atoms with van der Waals surface area (Å²) in [6.45, 7) is 5.11. The Morgan fingerprint density at radius 2 is 1.81 bits per heavy atom. The van der Waals surface area contributed by atoms with Crippen molar-refractivity contribution in [1.29, 1.82) is 0 Å². The van der Waals surface area contributed by atoms with Crippen molar-refractivity contribution in [3.8, 4) is 17.2 Å². The summed E-state index contributed by atoms with van der Waals surface area (Å²) in [5.41, 5.74) is 3.80. The van der Waals surface area contributed by atoms with Gasteiger partial charge in [-0.25, -0.2) is 0 Å². The average molecular weight is 370 g/mol. The van der Waals surface area contributed by atoms with E-state index in [1.54, 1.807) is 12.1 Å². The Morgan fingerprint density at radius 1 is 1.11 bits per heavy atom. The summed E-state index contributed by atoms with van der Waals surface area (Å²) in [7, 11) is 4.61. The molecule has 27 heavy (non-hydrogen) atoms. The molecule has 0 aromatic heterocycles. The first-order chi connectivity index (χ1) is 13.1. The maximum absolute atomic E-state index is 12.9. The van der Waals surface area contributed by atoms with Crippen LogP contribution in [0.3, 0.4) is 0 Å². The van der Waals surface area contributed by atoms with Gasteiger partial charge in [0.1, 0.15) is 0 Å². The fourth-order valence-corrected chi connectivity index (χ4v) is 3.46. The predicted octanol–water partition coefficient (Wildman–Crippen LogP) is 3.34. The molecule has 0 saturated heterocycles. The van der Waals surface area contributed by atoms with Crippen LogP contribution in [0.4, 0.5) is 5.69 Å². The van der Waals surface area contributed by atoms with E-state index in [1.165, 1.54) is 32.5 Å². The second kappa shape index (κ2) is 8.31. The van der Waals surface area contributed by atoms with Crippen molar-refractivity contribution in [2.24, 2.45) is 0 Å². The Hall–Kier alpha value is -2.73. The maximum atomic E-state index is 12.9. The van der Waals surface area contributed by atoms with Crippen molar-refractivity contribution in [1.82, 2.24) is 4.90 Å². The number of methoxy groups -OCH3 is 3. The van der Waals surface area contributed by atoms with Gasteiger partial charge in [-0.2, -0.15) is 0 Å². The van der Waals surface area contributed by atoms with Gasteiger partial charge in [0.15, 0.2) is 11.5 Å². The number of nitrogens with one attached hydrogen (secondary N) is 1. The van der Waals surface area contributed by atoms with Crippen LogP contribution in [0.1, 0.15) is 28.4 Å². The zero-order chi connectivity index (χ0) is 19.4. The molecule has 0 unspecified atom stereocenters. The van der Waals surface area contributed by atoms with E-state index in [4.69, 9.17) is 14.2 Å². The molecule has 144 valence electrons. The molecule has 2 aromatic rings. The van der Waals surface area contributed by atoms with Gasteiger partial charge in [-0.1, -0.05) is 19.1 Å². The molecule has 1 aliphatic heterocycles. The Kier molecular flexibility index (Phi) is 5.86. The van der Waals surface area contributed by atoms with Gasteiger partial charge in [-0.15, -0.1) is 0 Å². The largest absolute Gasteiger partial charge is 0.493 e. The number of fused-ring (bicyclic) bond motifs is 1. The molecule has 1 amide bonds. The number of hydrogen-bond acceptors (Lipinski definition) is 5. The monoisotopic (exact) mass is 370 g/mol. The zero-order valence-corrected chi connectivity index (χ0v) is 16.3. The summed E-state index contributed by atoms with van der Waals surface area (Å²) in [6, 6.07) is 9.39. The minimum Gasteiger partial charge on any atom is -0.493 e. The number of nitrogens with zero attached hydrogens (tertiary/aromatic N) is 1. The SMILES string of the molecule is CCN1CCc2c(cccc2NC(=O)c2cc(OC)c(OC)c(OC)c2)C1. The van der Waals surface area contributed by atoms with Crippen molar-refractivity contribution in [2.75, 3.05) is 39.7 Å². The minimum absolute atomic E-state index is 0.208. The summed E-state index contributed by atoms with van der Waals surface area (Å²) in [4.78, 5) is 15.3. The van der Waals surface area contributed by atoms with Gasteiger partial charge in [-0.3, -0.25) is 9.69 Å². The van der Waals surface area contributed by atoms with Gasteiger partial charge in [0.25, 0.3) is 5.91 Å². The smallest absolute Gasteiger partial charge is 0.255 e. The number of ether oxygens (including phenoxy) is 3. The molecule has 0 fully saturated rings. The minimum atomic E-state index is -0.208. The number of amides is 1. The maximum Gasteiger partial charge on any atom is 0.255 e. The summed E-state index contributed by atoms with van der Waals surface area (Å²) in [5.74, 6) is 1.17. The Balaban J connectivity index is 1.89. The average Bonchev–Trinajstić information content (AvgIpc) is 2.72. The molecule has 0 aliphatic carbocycles. The van der Waals surface area contributed by atoms with Crippen molar-refractivity contribution in [2.45, 2.75) is 19.9 Å². The number of carbonyl (C=O) groups is 1. The fourth-order valence-electron chi connectivity index (χ4n) is 3.46. The Morgan fingerprint density at radius 3 is 2.41 bits per heavy atom. The second-order valence-corrected chi connectivity index (χ2v) is 6.43. The van der Waals surface area contributed by atoms with E-state index >= 15 is 0 Å². The number of likely N-dealkylation sites (N-methyl/N-ethyl adjacent to an activating group) is 1. The van der Waals surface area contributed by atoms with Crippen LogP contribution in [0, 0.1) is 0 Å². The normalized spacial score (nSPS) is 13.6. The topological polar surface area (TPSA) is 60.0 Å². The number of carbonyl (C=O) groups excluding carboxylic acids is 1. The lowest BCUT2D eigenvalue weighted by molar-refractivity contribution is 0.102. The van der Waals surface area contributed by atoms with E-state index in [-0.39, 0.29) is 5.91 Å². The van der Waals surface area contributed by atoms with Crippen LogP contribution < -0.4 is 19.5 Å². The van der Waals surface area contributed by atoms with Crippen molar-refractivity contribution < 1.29 is 19.0 Å². The highest BCUT2D eigenvalue weighted by Gasteiger charge is 2.21. The summed E-state index contributed by atoms with van der Waals surface area (Å²) >= 11 is 0. The Labute approximate surface area is 160 Å². The molecule has 0 spiro atoms. The van der Waals surface area contributed by atoms with Crippen LogP contribution in [0.25, 0.3) is 0 Å². The van der Waals surface area contributed by atoms with E-state index < -0.39 is 0 Å². The first-order valence-corrected chi connectivity index (χ1v) is 9.05. The third kappa shape index (κ3) is 3.85.